The fourth-order valence-corrected chi connectivity index (χ4v) is 4.76. The highest BCUT2D eigenvalue weighted by atomic mass is 32.2. The van der Waals surface area contributed by atoms with Crippen LogP contribution in [-0.4, -0.2) is 16.5 Å². The molecule has 2 unspecified atom stereocenters. The Balaban J connectivity index is 1.39. The Labute approximate surface area is 190 Å². The minimum atomic E-state index is -4.32. The van der Waals surface area contributed by atoms with Gasteiger partial charge in [0.2, 0.25) is 0 Å². The maximum absolute atomic E-state index is 12.8. The molecule has 2 aromatic carbocycles. The van der Waals surface area contributed by atoms with Gasteiger partial charge in [0.05, 0.1) is 17.0 Å². The highest BCUT2D eigenvalue weighted by Gasteiger charge is 2.38. The third-order valence-corrected chi connectivity index (χ3v) is 6.78. The average molecular weight is 472 g/mol. The first kappa shape index (κ1) is 21.4. The van der Waals surface area contributed by atoms with Gasteiger partial charge < -0.3 is 20.9 Å². The molecule has 33 heavy (non-hydrogen) atoms. The van der Waals surface area contributed by atoms with E-state index in [9.17, 15) is 22.8 Å². The molecule has 0 spiro atoms. The van der Waals surface area contributed by atoms with Gasteiger partial charge >= 0.3 is 6.18 Å². The van der Waals surface area contributed by atoms with Gasteiger partial charge in [0.1, 0.15) is 11.4 Å². The van der Waals surface area contributed by atoms with Crippen LogP contribution in [0.4, 0.5) is 30.2 Å². The van der Waals surface area contributed by atoms with Crippen LogP contribution in [0.3, 0.4) is 0 Å². The standard InChI is InChI=1S/C23H19F3N4O2S/c1-11-27-10-18(33-11)12-2-7-16-15(8-12)17(9-28-16)30-20-19(21(31)22(20)32)29-14-5-3-13(4-6-14)23(24,25)26/h2-3,5-11,13,27-30H,4H2,1H3. The Kier molecular flexibility index (Phi) is 5.12. The van der Waals surface area contributed by atoms with E-state index in [0.717, 1.165) is 27.4 Å². The van der Waals surface area contributed by atoms with E-state index in [1.165, 1.54) is 12.2 Å². The van der Waals surface area contributed by atoms with Crippen LogP contribution >= 0.6 is 11.8 Å². The third-order valence-electron chi connectivity index (χ3n) is 5.68. The fourth-order valence-electron chi connectivity index (χ4n) is 3.85. The van der Waals surface area contributed by atoms with Crippen LogP contribution in [0.25, 0.3) is 15.8 Å². The van der Waals surface area contributed by atoms with Crippen molar-refractivity contribution in [3.05, 3.63) is 80.5 Å². The molecule has 5 rings (SSSR count). The van der Waals surface area contributed by atoms with Gasteiger partial charge in [-0.25, -0.2) is 0 Å². The second kappa shape index (κ2) is 7.87. The summed E-state index contributed by atoms with van der Waals surface area (Å²) in [5, 5.41) is 10.2. The van der Waals surface area contributed by atoms with Gasteiger partial charge in [-0.05, 0) is 37.1 Å². The summed E-state index contributed by atoms with van der Waals surface area (Å²) in [7, 11) is 0. The van der Waals surface area contributed by atoms with Crippen LogP contribution in [0.15, 0.2) is 64.1 Å². The van der Waals surface area contributed by atoms with Crippen molar-refractivity contribution in [3.63, 3.8) is 0 Å². The lowest BCUT2D eigenvalue weighted by atomic mass is 9.98. The number of hydrogen-bond acceptors (Lipinski definition) is 6. The molecular formula is C23H19F3N4O2S. The number of rotatable bonds is 5. The number of thioether (sulfide) groups is 1. The minimum absolute atomic E-state index is 0.0407. The predicted octanol–water partition coefficient (Wildman–Crippen LogP) is 4.92. The highest BCUT2D eigenvalue weighted by Crippen LogP contribution is 2.37. The molecular weight excluding hydrogens is 453 g/mol. The molecule has 2 aliphatic rings. The number of H-pyrrole nitrogens is 1. The van der Waals surface area contributed by atoms with Crippen LogP contribution in [0, 0.1) is 5.92 Å². The molecule has 0 saturated carbocycles. The van der Waals surface area contributed by atoms with Crippen LogP contribution in [0.5, 0.6) is 0 Å². The van der Waals surface area contributed by atoms with Crippen LogP contribution in [-0.2, 0) is 0 Å². The number of alkyl halides is 3. The van der Waals surface area contributed by atoms with Crippen molar-refractivity contribution in [1.29, 1.82) is 0 Å². The van der Waals surface area contributed by atoms with Crippen molar-refractivity contribution < 1.29 is 13.2 Å². The van der Waals surface area contributed by atoms with E-state index in [-0.39, 0.29) is 23.2 Å². The first-order valence-corrected chi connectivity index (χ1v) is 11.2. The van der Waals surface area contributed by atoms with E-state index in [4.69, 9.17) is 0 Å². The molecule has 3 aromatic rings. The van der Waals surface area contributed by atoms with E-state index in [1.807, 2.05) is 24.4 Å². The van der Waals surface area contributed by atoms with Crippen molar-refractivity contribution in [2.75, 3.05) is 10.6 Å². The summed E-state index contributed by atoms with van der Waals surface area (Å²) in [4.78, 5) is 28.6. The van der Waals surface area contributed by atoms with Crippen LogP contribution in [0.1, 0.15) is 18.9 Å². The molecule has 1 aliphatic carbocycles. The van der Waals surface area contributed by atoms with E-state index >= 15 is 0 Å². The van der Waals surface area contributed by atoms with E-state index in [2.05, 4.69) is 27.9 Å². The SMILES string of the molecule is CC1NC=C(c2ccc3[nH]cc(Nc4c(NC5=CCC(C(F)(F)F)C=C5)c(=O)c4=O)c3c2)S1. The lowest BCUT2D eigenvalue weighted by Gasteiger charge is -2.21. The first-order valence-electron chi connectivity index (χ1n) is 10.3. The number of hydrogen-bond donors (Lipinski definition) is 4. The smallest absolute Gasteiger partial charge is 0.378 e. The number of aromatic amines is 1. The highest BCUT2D eigenvalue weighted by molar-refractivity contribution is 8.09. The largest absolute Gasteiger partial charge is 0.395 e. The lowest BCUT2D eigenvalue weighted by Crippen LogP contribution is -2.36. The molecule has 0 radical (unpaired) electrons. The molecule has 4 N–H and O–H groups in total. The topological polar surface area (TPSA) is 86.0 Å². The van der Waals surface area contributed by atoms with Crippen LogP contribution < -0.4 is 26.8 Å². The second-order valence-electron chi connectivity index (χ2n) is 7.96. The molecule has 0 bridgehead atoms. The van der Waals surface area contributed by atoms with Gasteiger partial charge in [-0.1, -0.05) is 30.0 Å². The Morgan fingerprint density at radius 2 is 1.88 bits per heavy atom. The second-order valence-corrected chi connectivity index (χ2v) is 9.34. The maximum atomic E-state index is 12.8. The van der Waals surface area contributed by atoms with E-state index in [1.54, 1.807) is 18.0 Å². The van der Waals surface area contributed by atoms with Crippen molar-refractivity contribution in [3.8, 4) is 0 Å². The quantitative estimate of drug-likeness (QED) is 0.395. The normalized spacial score (nSPS) is 20.6. The Morgan fingerprint density at radius 3 is 2.52 bits per heavy atom. The number of aromatic nitrogens is 1. The average Bonchev–Trinajstić information content (AvgIpc) is 3.41. The van der Waals surface area contributed by atoms with Gasteiger partial charge in [0, 0.05) is 33.9 Å². The summed E-state index contributed by atoms with van der Waals surface area (Å²) in [6.45, 7) is 2.07. The molecule has 170 valence electrons. The zero-order valence-electron chi connectivity index (χ0n) is 17.3. The zero-order chi connectivity index (χ0) is 23.3. The van der Waals surface area contributed by atoms with Gasteiger partial charge in [-0.15, -0.1) is 0 Å². The molecule has 2 heterocycles. The Bertz CT molecular complexity index is 1410. The molecule has 1 aromatic heterocycles. The minimum Gasteiger partial charge on any atom is -0.378 e. The molecule has 2 atom stereocenters. The molecule has 0 saturated heterocycles. The summed E-state index contributed by atoms with van der Waals surface area (Å²) in [5.74, 6) is -1.56. The predicted molar refractivity (Wildman–Crippen MR) is 126 cm³/mol. The number of nitrogens with one attached hydrogen (secondary N) is 4. The van der Waals surface area contributed by atoms with E-state index < -0.39 is 23.0 Å². The van der Waals surface area contributed by atoms with Crippen molar-refractivity contribution in [2.45, 2.75) is 24.9 Å². The van der Waals surface area contributed by atoms with E-state index in [0.29, 0.717) is 11.4 Å². The van der Waals surface area contributed by atoms with Crippen molar-refractivity contribution in [2.24, 2.45) is 5.92 Å². The van der Waals surface area contributed by atoms with Crippen LogP contribution in [0.2, 0.25) is 0 Å². The molecule has 1 aliphatic heterocycles. The summed E-state index contributed by atoms with van der Waals surface area (Å²) in [6.07, 6.45) is 2.83. The Hall–Kier alpha value is -3.40. The fraction of sp³-hybridized carbons (Fsp3) is 0.217. The number of halogens is 3. The van der Waals surface area contributed by atoms with Gasteiger partial charge in [0.15, 0.2) is 0 Å². The van der Waals surface area contributed by atoms with Crippen molar-refractivity contribution >= 4 is 44.6 Å². The summed E-state index contributed by atoms with van der Waals surface area (Å²) in [6, 6.07) is 5.94. The monoisotopic (exact) mass is 472 g/mol. The lowest BCUT2D eigenvalue weighted by molar-refractivity contribution is -0.160. The first-order chi connectivity index (χ1) is 15.7. The maximum Gasteiger partial charge on any atom is 0.395 e. The zero-order valence-corrected chi connectivity index (χ0v) is 18.2. The summed E-state index contributed by atoms with van der Waals surface area (Å²) < 4.78 is 38.5. The van der Waals surface area contributed by atoms with Gasteiger partial charge in [-0.2, -0.15) is 13.2 Å². The molecule has 6 nitrogen and oxygen atoms in total. The number of fused-ring (bicyclic) bond motifs is 1. The number of anilines is 3. The van der Waals surface area contributed by atoms with Crippen molar-refractivity contribution in [1.82, 2.24) is 10.3 Å². The molecule has 0 amide bonds. The summed E-state index contributed by atoms with van der Waals surface area (Å²) >= 11 is 1.71. The molecule has 10 heteroatoms. The Morgan fingerprint density at radius 1 is 1.12 bits per heavy atom. The summed E-state index contributed by atoms with van der Waals surface area (Å²) in [5.41, 5.74) is 1.58. The number of allylic oxidation sites excluding steroid dienone is 3. The van der Waals surface area contributed by atoms with Gasteiger partial charge in [0.25, 0.3) is 10.9 Å². The molecule has 0 fully saturated rings. The third kappa shape index (κ3) is 3.95. The number of benzene rings is 1. The van der Waals surface area contributed by atoms with Gasteiger partial charge in [-0.3, -0.25) is 9.59 Å².